The Morgan fingerprint density at radius 3 is 2.89 bits per heavy atom. The molecule has 1 aromatic rings. The predicted molar refractivity (Wildman–Crippen MR) is 72.4 cm³/mol. The summed E-state index contributed by atoms with van der Waals surface area (Å²) in [5.41, 5.74) is 2.52. The van der Waals surface area contributed by atoms with Gasteiger partial charge in [-0.25, -0.2) is 5.84 Å². The van der Waals surface area contributed by atoms with Gasteiger partial charge in [0.1, 0.15) is 12.0 Å². The summed E-state index contributed by atoms with van der Waals surface area (Å²) < 4.78 is 10.5. The molecule has 1 aromatic heterocycles. The van der Waals surface area contributed by atoms with Crippen molar-refractivity contribution in [2.75, 3.05) is 26.8 Å². The first-order chi connectivity index (χ1) is 9.06. The maximum atomic E-state index is 11.3. The molecule has 0 unspecified atom stereocenters. The SMILES string of the molecule is COCCN(Cc1cc(C(=O)NN)co1)CC(C)C. The minimum absolute atomic E-state index is 0.345. The van der Waals surface area contributed by atoms with Crippen molar-refractivity contribution in [3.05, 3.63) is 23.7 Å². The number of ether oxygens (including phenoxy) is 1. The fraction of sp³-hybridized carbons (Fsp3) is 0.615. The number of rotatable bonds is 8. The molecule has 1 heterocycles. The third kappa shape index (κ3) is 5.42. The van der Waals surface area contributed by atoms with Crippen molar-refractivity contribution in [1.82, 2.24) is 10.3 Å². The van der Waals surface area contributed by atoms with Gasteiger partial charge in [-0.2, -0.15) is 0 Å². The molecule has 6 nitrogen and oxygen atoms in total. The van der Waals surface area contributed by atoms with Crippen LogP contribution in [0.5, 0.6) is 0 Å². The summed E-state index contributed by atoms with van der Waals surface area (Å²) >= 11 is 0. The third-order valence-corrected chi connectivity index (χ3v) is 2.66. The molecule has 0 bridgehead atoms. The van der Waals surface area contributed by atoms with E-state index in [9.17, 15) is 4.79 Å². The molecule has 1 amide bonds. The Kier molecular flexibility index (Phi) is 6.55. The Balaban J connectivity index is 2.61. The standard InChI is InChI=1S/C13H23N3O3/c1-10(2)7-16(4-5-18-3)8-12-6-11(9-19-12)13(17)15-14/h6,9-10H,4-5,7-8,14H2,1-3H3,(H,15,17). The van der Waals surface area contributed by atoms with E-state index in [-0.39, 0.29) is 5.91 Å². The summed E-state index contributed by atoms with van der Waals surface area (Å²) in [5.74, 6) is 6.03. The molecular formula is C13H23N3O3. The summed E-state index contributed by atoms with van der Waals surface area (Å²) in [4.78, 5) is 13.6. The number of methoxy groups -OCH3 is 1. The first-order valence-corrected chi connectivity index (χ1v) is 6.36. The van der Waals surface area contributed by atoms with Crippen LogP contribution in [0.4, 0.5) is 0 Å². The van der Waals surface area contributed by atoms with E-state index in [4.69, 9.17) is 15.0 Å². The predicted octanol–water partition coefficient (Wildman–Crippen LogP) is 0.987. The van der Waals surface area contributed by atoms with Gasteiger partial charge in [-0.05, 0) is 12.0 Å². The number of furan rings is 1. The van der Waals surface area contributed by atoms with Gasteiger partial charge in [0.2, 0.25) is 0 Å². The van der Waals surface area contributed by atoms with E-state index in [1.54, 1.807) is 13.2 Å². The third-order valence-electron chi connectivity index (χ3n) is 2.66. The number of carbonyl (C=O) groups is 1. The number of hydrogen-bond acceptors (Lipinski definition) is 5. The molecule has 0 radical (unpaired) electrons. The smallest absolute Gasteiger partial charge is 0.268 e. The van der Waals surface area contributed by atoms with Crippen LogP contribution in [0.1, 0.15) is 30.0 Å². The van der Waals surface area contributed by atoms with Crippen molar-refractivity contribution in [2.45, 2.75) is 20.4 Å². The molecular weight excluding hydrogens is 246 g/mol. The molecule has 1 rings (SSSR count). The Labute approximate surface area is 113 Å². The molecule has 6 heteroatoms. The summed E-state index contributed by atoms with van der Waals surface area (Å²) in [6.07, 6.45) is 1.42. The average molecular weight is 269 g/mol. The molecule has 0 aliphatic rings. The molecule has 0 spiro atoms. The van der Waals surface area contributed by atoms with E-state index in [1.807, 2.05) is 0 Å². The first kappa shape index (κ1) is 15.7. The van der Waals surface area contributed by atoms with E-state index < -0.39 is 0 Å². The van der Waals surface area contributed by atoms with E-state index in [0.29, 0.717) is 24.6 Å². The second-order valence-corrected chi connectivity index (χ2v) is 4.90. The van der Waals surface area contributed by atoms with Crippen molar-refractivity contribution in [3.63, 3.8) is 0 Å². The first-order valence-electron chi connectivity index (χ1n) is 6.36. The Morgan fingerprint density at radius 2 is 2.32 bits per heavy atom. The maximum Gasteiger partial charge on any atom is 0.268 e. The highest BCUT2D eigenvalue weighted by molar-refractivity contribution is 5.93. The number of nitrogens with one attached hydrogen (secondary N) is 1. The van der Waals surface area contributed by atoms with Crippen LogP contribution < -0.4 is 11.3 Å². The number of amides is 1. The monoisotopic (exact) mass is 269 g/mol. The lowest BCUT2D eigenvalue weighted by Crippen LogP contribution is -2.30. The fourth-order valence-corrected chi connectivity index (χ4v) is 1.86. The van der Waals surface area contributed by atoms with Gasteiger partial charge in [-0.15, -0.1) is 0 Å². The van der Waals surface area contributed by atoms with Crippen LogP contribution in [0.25, 0.3) is 0 Å². The van der Waals surface area contributed by atoms with Crippen molar-refractivity contribution in [2.24, 2.45) is 11.8 Å². The second-order valence-electron chi connectivity index (χ2n) is 4.90. The zero-order valence-corrected chi connectivity index (χ0v) is 11.8. The van der Waals surface area contributed by atoms with Gasteiger partial charge < -0.3 is 9.15 Å². The van der Waals surface area contributed by atoms with Gasteiger partial charge in [0.05, 0.1) is 18.7 Å². The van der Waals surface area contributed by atoms with Crippen molar-refractivity contribution >= 4 is 5.91 Å². The number of nitrogen functional groups attached to an aromatic ring is 1. The fourth-order valence-electron chi connectivity index (χ4n) is 1.86. The van der Waals surface area contributed by atoms with Crippen LogP contribution in [-0.4, -0.2) is 37.6 Å². The van der Waals surface area contributed by atoms with E-state index in [1.165, 1.54) is 6.26 Å². The molecule has 0 fully saturated rings. The van der Waals surface area contributed by atoms with E-state index >= 15 is 0 Å². The molecule has 0 saturated heterocycles. The molecule has 0 aliphatic carbocycles. The lowest BCUT2D eigenvalue weighted by Gasteiger charge is -2.22. The number of nitrogens with two attached hydrogens (primary N) is 1. The number of hydrogen-bond donors (Lipinski definition) is 2. The molecule has 19 heavy (non-hydrogen) atoms. The van der Waals surface area contributed by atoms with Gasteiger partial charge in [0.15, 0.2) is 0 Å². The summed E-state index contributed by atoms with van der Waals surface area (Å²) in [7, 11) is 1.68. The Bertz CT molecular complexity index is 390. The summed E-state index contributed by atoms with van der Waals surface area (Å²) in [6, 6.07) is 1.71. The zero-order valence-electron chi connectivity index (χ0n) is 11.8. The largest absolute Gasteiger partial charge is 0.467 e. The minimum atomic E-state index is -0.345. The summed E-state index contributed by atoms with van der Waals surface area (Å²) in [5, 5.41) is 0. The highest BCUT2D eigenvalue weighted by atomic mass is 16.5. The van der Waals surface area contributed by atoms with E-state index in [2.05, 4.69) is 24.2 Å². The Hall–Kier alpha value is -1.37. The molecule has 0 aliphatic heterocycles. The Morgan fingerprint density at radius 1 is 1.58 bits per heavy atom. The molecule has 0 atom stereocenters. The van der Waals surface area contributed by atoms with Crippen LogP contribution in [0, 0.1) is 5.92 Å². The topological polar surface area (TPSA) is 80.7 Å². The number of hydrazine groups is 1. The van der Waals surface area contributed by atoms with Crippen molar-refractivity contribution in [3.8, 4) is 0 Å². The molecule has 0 saturated carbocycles. The van der Waals surface area contributed by atoms with Crippen LogP contribution >= 0.6 is 0 Å². The number of nitrogens with zero attached hydrogens (tertiary/aromatic N) is 1. The highest BCUT2D eigenvalue weighted by Gasteiger charge is 2.13. The van der Waals surface area contributed by atoms with Gasteiger partial charge in [-0.1, -0.05) is 13.8 Å². The zero-order chi connectivity index (χ0) is 14.3. The number of carbonyl (C=O) groups excluding carboxylic acids is 1. The normalized spacial score (nSPS) is 11.3. The van der Waals surface area contributed by atoms with Crippen LogP contribution in [-0.2, 0) is 11.3 Å². The van der Waals surface area contributed by atoms with Gasteiger partial charge in [-0.3, -0.25) is 15.1 Å². The van der Waals surface area contributed by atoms with Gasteiger partial charge >= 0.3 is 0 Å². The maximum absolute atomic E-state index is 11.3. The molecule has 0 aromatic carbocycles. The van der Waals surface area contributed by atoms with Crippen LogP contribution in [0.3, 0.4) is 0 Å². The second kappa shape index (κ2) is 7.93. The molecule has 3 N–H and O–H groups in total. The lowest BCUT2D eigenvalue weighted by molar-refractivity contribution is 0.0953. The van der Waals surface area contributed by atoms with Gasteiger partial charge in [0.25, 0.3) is 5.91 Å². The van der Waals surface area contributed by atoms with Crippen molar-refractivity contribution in [1.29, 1.82) is 0 Å². The molecule has 108 valence electrons. The average Bonchev–Trinajstić information content (AvgIpc) is 2.82. The highest BCUT2D eigenvalue weighted by Crippen LogP contribution is 2.12. The van der Waals surface area contributed by atoms with Crippen molar-refractivity contribution < 1.29 is 13.9 Å². The van der Waals surface area contributed by atoms with Gasteiger partial charge in [0, 0.05) is 20.2 Å². The summed E-state index contributed by atoms with van der Waals surface area (Å²) in [6.45, 7) is 7.42. The lowest BCUT2D eigenvalue weighted by atomic mass is 10.2. The van der Waals surface area contributed by atoms with Crippen LogP contribution in [0.2, 0.25) is 0 Å². The van der Waals surface area contributed by atoms with Crippen LogP contribution in [0.15, 0.2) is 16.7 Å². The van der Waals surface area contributed by atoms with E-state index in [0.717, 1.165) is 18.8 Å². The quantitative estimate of drug-likeness (QED) is 0.418. The minimum Gasteiger partial charge on any atom is -0.467 e.